The van der Waals surface area contributed by atoms with Gasteiger partial charge in [0, 0.05) is 13.1 Å². The second-order valence-corrected chi connectivity index (χ2v) is 8.82. The first-order chi connectivity index (χ1) is 12.6. The molecule has 1 aromatic rings. The van der Waals surface area contributed by atoms with Crippen LogP contribution in [0.3, 0.4) is 0 Å². The summed E-state index contributed by atoms with van der Waals surface area (Å²) in [4.78, 5) is 14.1. The Balaban J connectivity index is 1.82. The summed E-state index contributed by atoms with van der Waals surface area (Å²) in [5, 5.41) is 0. The number of hydrogen-bond acceptors (Lipinski definition) is 4. The van der Waals surface area contributed by atoms with Crippen LogP contribution in [0.15, 0.2) is 18.2 Å². The quantitative estimate of drug-likeness (QED) is 0.759. The van der Waals surface area contributed by atoms with Gasteiger partial charge in [-0.05, 0) is 88.6 Å². The summed E-state index contributed by atoms with van der Waals surface area (Å²) < 4.78 is 11.4. The van der Waals surface area contributed by atoms with Crippen molar-refractivity contribution >= 4 is 17.4 Å². The first kappa shape index (κ1) is 19.6. The molecule has 0 saturated heterocycles. The Kier molecular flexibility index (Phi) is 5.41. The second kappa shape index (κ2) is 7.45. The number of nitrogens with zero attached hydrogens (tertiary/aromatic N) is 1. The molecule has 2 aliphatic rings. The topological polar surface area (TPSA) is 64.8 Å². The highest BCUT2D eigenvalue weighted by Crippen LogP contribution is 2.46. The zero-order chi connectivity index (χ0) is 19.8. The number of ether oxygens (including phenoxy) is 2. The third-order valence-electron chi connectivity index (χ3n) is 4.77. The summed E-state index contributed by atoms with van der Waals surface area (Å²) in [5.74, 6) is 1.35. The molecule has 1 fully saturated rings. The number of carbonyl (C=O) groups excluding carboxylic acids is 1. The molecule has 2 N–H and O–H groups in total. The number of amides is 1. The molecule has 5 heteroatoms. The number of benzene rings is 1. The van der Waals surface area contributed by atoms with Gasteiger partial charge in [-0.1, -0.05) is 6.08 Å². The maximum absolute atomic E-state index is 12.3. The number of hydrogen-bond donors (Lipinski definition) is 1. The molecule has 27 heavy (non-hydrogen) atoms. The van der Waals surface area contributed by atoms with Crippen LogP contribution in [-0.2, 0) is 4.74 Å². The largest absolute Gasteiger partial charge is 0.489 e. The zero-order valence-electron chi connectivity index (χ0n) is 17.2. The van der Waals surface area contributed by atoms with Gasteiger partial charge >= 0.3 is 6.09 Å². The lowest BCUT2D eigenvalue weighted by Gasteiger charge is -2.30. The van der Waals surface area contributed by atoms with E-state index in [-0.39, 0.29) is 12.2 Å². The van der Waals surface area contributed by atoms with Crippen molar-refractivity contribution < 1.29 is 14.3 Å². The average molecular weight is 373 g/mol. The Bertz CT molecular complexity index is 743. The normalized spacial score (nSPS) is 17.7. The van der Waals surface area contributed by atoms with Crippen molar-refractivity contribution in [2.24, 2.45) is 0 Å². The van der Waals surface area contributed by atoms with E-state index in [2.05, 4.69) is 18.2 Å². The summed E-state index contributed by atoms with van der Waals surface area (Å²) in [6, 6.07) is 4.18. The highest BCUT2D eigenvalue weighted by molar-refractivity contribution is 5.77. The Hall–Kier alpha value is -2.17. The van der Waals surface area contributed by atoms with Crippen LogP contribution in [0.2, 0.25) is 0 Å². The minimum absolute atomic E-state index is 0.0786. The Morgan fingerprint density at radius 1 is 1.26 bits per heavy atom. The molecule has 0 bridgehead atoms. The third-order valence-corrected chi connectivity index (χ3v) is 4.77. The number of nitrogen functional groups attached to an aromatic ring is 1. The van der Waals surface area contributed by atoms with Gasteiger partial charge in [-0.2, -0.15) is 0 Å². The van der Waals surface area contributed by atoms with E-state index >= 15 is 0 Å². The Morgan fingerprint density at radius 3 is 2.48 bits per heavy atom. The molecule has 0 radical (unpaired) electrons. The first-order valence-corrected chi connectivity index (χ1v) is 9.91. The van der Waals surface area contributed by atoms with Crippen molar-refractivity contribution in [3.63, 3.8) is 0 Å². The molecule has 1 aromatic carbocycles. The maximum atomic E-state index is 12.3. The van der Waals surface area contributed by atoms with Gasteiger partial charge in [0.1, 0.15) is 11.4 Å². The molecule has 5 nitrogen and oxygen atoms in total. The first-order valence-electron chi connectivity index (χ1n) is 9.91. The smallest absolute Gasteiger partial charge is 0.410 e. The second-order valence-electron chi connectivity index (χ2n) is 8.82. The molecule has 1 aliphatic carbocycles. The number of rotatable bonds is 4. The minimum Gasteiger partial charge on any atom is -0.489 e. The minimum atomic E-state index is -0.472. The van der Waals surface area contributed by atoms with Gasteiger partial charge in [0.2, 0.25) is 0 Å². The van der Waals surface area contributed by atoms with Crippen molar-refractivity contribution in [1.29, 1.82) is 0 Å². The molecule has 1 saturated carbocycles. The molecule has 0 unspecified atom stereocenters. The predicted molar refractivity (Wildman–Crippen MR) is 109 cm³/mol. The molecule has 1 aliphatic heterocycles. The molecular formula is C22H32N2O3. The lowest BCUT2D eigenvalue weighted by molar-refractivity contribution is 0.0270. The van der Waals surface area contributed by atoms with Crippen LogP contribution in [-0.4, -0.2) is 35.8 Å². The molecule has 0 spiro atoms. The number of nitrogens with two attached hydrogens (primary N) is 1. The number of carbonyl (C=O) groups is 1. The molecular weight excluding hydrogens is 340 g/mol. The average Bonchev–Trinajstić information content (AvgIpc) is 3.39. The van der Waals surface area contributed by atoms with Gasteiger partial charge in [-0.25, -0.2) is 4.79 Å². The van der Waals surface area contributed by atoms with E-state index < -0.39 is 5.60 Å². The van der Waals surface area contributed by atoms with Crippen LogP contribution >= 0.6 is 0 Å². The molecule has 1 amide bonds. The Labute approximate surface area is 162 Å². The van der Waals surface area contributed by atoms with Crippen LogP contribution in [0.1, 0.15) is 70.9 Å². The lowest BCUT2D eigenvalue weighted by atomic mass is 9.92. The zero-order valence-corrected chi connectivity index (χ0v) is 17.2. The summed E-state index contributed by atoms with van der Waals surface area (Å²) in [6.45, 7) is 10.9. The van der Waals surface area contributed by atoms with E-state index in [1.54, 1.807) is 4.90 Å². The Morgan fingerprint density at radius 2 is 1.96 bits per heavy atom. The summed E-state index contributed by atoms with van der Waals surface area (Å²) in [7, 11) is 0. The molecule has 3 rings (SSSR count). The maximum Gasteiger partial charge on any atom is 0.410 e. The standard InChI is InChI=1S/C22H32N2O3/c1-14(2)26-20-13-18(17(12-19(20)23)15-6-7-15)16-8-10-24(11-9-16)21(25)27-22(3,4)5/h8,12-15H,6-7,9-11,23H2,1-5H3. The van der Waals surface area contributed by atoms with Crippen LogP contribution in [0, 0.1) is 0 Å². The van der Waals surface area contributed by atoms with Crippen molar-refractivity contribution in [2.45, 2.75) is 71.5 Å². The fraction of sp³-hybridized carbons (Fsp3) is 0.591. The predicted octanol–water partition coefficient (Wildman–Crippen LogP) is 4.96. The van der Waals surface area contributed by atoms with E-state index in [9.17, 15) is 4.79 Å². The lowest BCUT2D eigenvalue weighted by Crippen LogP contribution is -2.39. The highest BCUT2D eigenvalue weighted by Gasteiger charge is 2.30. The van der Waals surface area contributed by atoms with Gasteiger partial charge in [-0.15, -0.1) is 0 Å². The fourth-order valence-corrected chi connectivity index (χ4v) is 3.39. The van der Waals surface area contributed by atoms with Crippen LogP contribution in [0.4, 0.5) is 10.5 Å². The highest BCUT2D eigenvalue weighted by atomic mass is 16.6. The van der Waals surface area contributed by atoms with Crippen molar-refractivity contribution in [3.05, 3.63) is 29.3 Å². The van der Waals surface area contributed by atoms with E-state index in [0.717, 1.165) is 12.2 Å². The van der Waals surface area contributed by atoms with Crippen LogP contribution < -0.4 is 10.5 Å². The van der Waals surface area contributed by atoms with E-state index in [0.29, 0.717) is 24.7 Å². The van der Waals surface area contributed by atoms with Gasteiger partial charge in [0.05, 0.1) is 11.8 Å². The van der Waals surface area contributed by atoms with Gasteiger partial charge < -0.3 is 20.1 Å². The molecule has 1 heterocycles. The van der Waals surface area contributed by atoms with Crippen molar-refractivity contribution in [3.8, 4) is 5.75 Å². The van der Waals surface area contributed by atoms with Crippen molar-refractivity contribution in [1.82, 2.24) is 4.90 Å². The van der Waals surface area contributed by atoms with E-state index in [4.69, 9.17) is 15.2 Å². The molecule has 148 valence electrons. The van der Waals surface area contributed by atoms with Crippen molar-refractivity contribution in [2.75, 3.05) is 18.8 Å². The summed E-state index contributed by atoms with van der Waals surface area (Å²) in [5.41, 5.74) is 10.3. The fourth-order valence-electron chi connectivity index (χ4n) is 3.39. The summed E-state index contributed by atoms with van der Waals surface area (Å²) in [6.07, 6.45) is 5.22. The van der Waals surface area contributed by atoms with Gasteiger partial charge in [0.25, 0.3) is 0 Å². The summed E-state index contributed by atoms with van der Waals surface area (Å²) >= 11 is 0. The van der Waals surface area contributed by atoms with Crippen LogP contribution in [0.25, 0.3) is 5.57 Å². The van der Waals surface area contributed by atoms with Crippen LogP contribution in [0.5, 0.6) is 5.75 Å². The SMILES string of the molecule is CC(C)Oc1cc(C2=CCN(C(=O)OC(C)(C)C)CC2)c(C2CC2)cc1N. The van der Waals surface area contributed by atoms with Gasteiger partial charge in [-0.3, -0.25) is 0 Å². The van der Waals surface area contributed by atoms with Gasteiger partial charge in [0.15, 0.2) is 0 Å². The van der Waals surface area contributed by atoms with E-state index in [1.807, 2.05) is 34.6 Å². The molecule has 0 aromatic heterocycles. The number of anilines is 1. The monoisotopic (exact) mass is 372 g/mol. The molecule has 0 atom stereocenters. The van der Waals surface area contributed by atoms with E-state index in [1.165, 1.54) is 29.5 Å². The third kappa shape index (κ3) is 4.96.